The average Bonchev–Trinajstić information content (AvgIpc) is 2.70. The molecule has 0 heterocycles. The SMILES string of the molecule is CC(C)OCCCNCc1c(OCc2ccc(Cl)cc2Cl)ccc2ccccc12.Cl. The van der Waals surface area contributed by atoms with Crippen LogP contribution in [0.2, 0.25) is 10.0 Å². The van der Waals surface area contributed by atoms with E-state index in [0.717, 1.165) is 43.0 Å². The summed E-state index contributed by atoms with van der Waals surface area (Å²) in [4.78, 5) is 0. The van der Waals surface area contributed by atoms with E-state index in [2.05, 4.69) is 49.5 Å². The summed E-state index contributed by atoms with van der Waals surface area (Å²) in [5.41, 5.74) is 2.06. The Hall–Kier alpha value is -1.49. The molecular formula is C24H28Cl3NO2. The minimum Gasteiger partial charge on any atom is -0.488 e. The molecule has 0 amide bonds. The number of ether oxygens (including phenoxy) is 2. The summed E-state index contributed by atoms with van der Waals surface area (Å²) in [7, 11) is 0. The molecule has 0 radical (unpaired) electrons. The molecule has 0 unspecified atom stereocenters. The number of halogens is 3. The Balaban J connectivity index is 0.00000320. The lowest BCUT2D eigenvalue weighted by Gasteiger charge is -2.16. The molecule has 0 aliphatic carbocycles. The van der Waals surface area contributed by atoms with Gasteiger partial charge in [-0.3, -0.25) is 0 Å². The van der Waals surface area contributed by atoms with Crippen molar-refractivity contribution in [1.82, 2.24) is 5.32 Å². The highest BCUT2D eigenvalue weighted by Crippen LogP contribution is 2.30. The van der Waals surface area contributed by atoms with E-state index in [1.165, 1.54) is 10.8 Å². The zero-order valence-corrected chi connectivity index (χ0v) is 19.6. The lowest BCUT2D eigenvalue weighted by molar-refractivity contribution is 0.0770. The maximum absolute atomic E-state index is 6.30. The van der Waals surface area contributed by atoms with Crippen LogP contribution in [-0.4, -0.2) is 19.3 Å². The van der Waals surface area contributed by atoms with E-state index >= 15 is 0 Å². The van der Waals surface area contributed by atoms with E-state index in [-0.39, 0.29) is 18.5 Å². The average molecular weight is 469 g/mol. The Bertz CT molecular complexity index is 947. The third-order valence-electron chi connectivity index (χ3n) is 4.65. The first-order chi connectivity index (χ1) is 14.0. The van der Waals surface area contributed by atoms with E-state index in [1.54, 1.807) is 6.07 Å². The highest BCUT2D eigenvalue weighted by Gasteiger charge is 2.10. The molecule has 6 heteroatoms. The molecule has 0 atom stereocenters. The maximum Gasteiger partial charge on any atom is 0.124 e. The molecule has 3 aromatic rings. The number of rotatable bonds is 10. The number of nitrogens with one attached hydrogen (secondary N) is 1. The van der Waals surface area contributed by atoms with Gasteiger partial charge >= 0.3 is 0 Å². The Morgan fingerprint density at radius 3 is 2.57 bits per heavy atom. The van der Waals surface area contributed by atoms with Gasteiger partial charge in [-0.05, 0) is 55.8 Å². The fourth-order valence-corrected chi connectivity index (χ4v) is 3.62. The third-order valence-corrected chi connectivity index (χ3v) is 5.23. The van der Waals surface area contributed by atoms with Crippen molar-refractivity contribution in [2.75, 3.05) is 13.2 Å². The molecule has 3 aromatic carbocycles. The standard InChI is InChI=1S/C24H27Cl2NO2.ClH/c1-17(2)28-13-5-12-27-15-22-21-7-4-3-6-18(21)9-11-24(22)29-16-19-8-10-20(25)14-23(19)26;/h3-4,6-11,14,17,27H,5,12-13,15-16H2,1-2H3;1H. The molecule has 0 spiro atoms. The van der Waals surface area contributed by atoms with Gasteiger partial charge in [0, 0.05) is 34.3 Å². The first-order valence-corrected chi connectivity index (χ1v) is 10.7. The first-order valence-electron chi connectivity index (χ1n) is 9.94. The molecule has 0 aromatic heterocycles. The lowest BCUT2D eigenvalue weighted by Crippen LogP contribution is -2.18. The molecule has 0 fully saturated rings. The summed E-state index contributed by atoms with van der Waals surface area (Å²) in [6, 6.07) is 18.0. The largest absolute Gasteiger partial charge is 0.488 e. The molecular weight excluding hydrogens is 441 g/mol. The number of hydrogen-bond donors (Lipinski definition) is 1. The minimum atomic E-state index is 0. The zero-order valence-electron chi connectivity index (χ0n) is 17.3. The monoisotopic (exact) mass is 467 g/mol. The summed E-state index contributed by atoms with van der Waals surface area (Å²) in [5.74, 6) is 0.862. The highest BCUT2D eigenvalue weighted by atomic mass is 35.5. The van der Waals surface area contributed by atoms with Crippen LogP contribution in [0.25, 0.3) is 10.8 Å². The topological polar surface area (TPSA) is 30.5 Å². The van der Waals surface area contributed by atoms with Crippen molar-refractivity contribution < 1.29 is 9.47 Å². The molecule has 0 saturated carbocycles. The molecule has 1 N–H and O–H groups in total. The fraction of sp³-hybridized carbons (Fsp3) is 0.333. The van der Waals surface area contributed by atoms with Gasteiger partial charge in [-0.2, -0.15) is 0 Å². The Labute approximate surface area is 195 Å². The van der Waals surface area contributed by atoms with E-state index in [9.17, 15) is 0 Å². The normalized spacial score (nSPS) is 11.0. The fourth-order valence-electron chi connectivity index (χ4n) is 3.16. The van der Waals surface area contributed by atoms with Gasteiger partial charge in [-0.15, -0.1) is 12.4 Å². The van der Waals surface area contributed by atoms with Gasteiger partial charge in [-0.25, -0.2) is 0 Å². The van der Waals surface area contributed by atoms with Crippen LogP contribution in [-0.2, 0) is 17.9 Å². The molecule has 0 aliphatic rings. The van der Waals surface area contributed by atoms with Crippen LogP contribution in [0.3, 0.4) is 0 Å². The van der Waals surface area contributed by atoms with Crippen molar-refractivity contribution in [2.45, 2.75) is 39.5 Å². The molecule has 0 bridgehead atoms. The van der Waals surface area contributed by atoms with E-state index in [4.69, 9.17) is 32.7 Å². The maximum atomic E-state index is 6.30. The highest BCUT2D eigenvalue weighted by molar-refractivity contribution is 6.35. The van der Waals surface area contributed by atoms with Crippen molar-refractivity contribution in [3.63, 3.8) is 0 Å². The quantitative estimate of drug-likeness (QED) is 0.323. The predicted molar refractivity (Wildman–Crippen MR) is 129 cm³/mol. The summed E-state index contributed by atoms with van der Waals surface area (Å²) in [5, 5.41) is 7.15. The lowest BCUT2D eigenvalue weighted by atomic mass is 10.0. The van der Waals surface area contributed by atoms with E-state index in [0.29, 0.717) is 16.7 Å². The van der Waals surface area contributed by atoms with Gasteiger partial charge in [-0.1, -0.05) is 59.6 Å². The second kappa shape index (κ2) is 12.4. The van der Waals surface area contributed by atoms with Crippen LogP contribution in [0.15, 0.2) is 54.6 Å². The van der Waals surface area contributed by atoms with Gasteiger partial charge < -0.3 is 14.8 Å². The smallest absolute Gasteiger partial charge is 0.124 e. The number of fused-ring (bicyclic) bond motifs is 1. The van der Waals surface area contributed by atoms with Crippen LogP contribution in [0.4, 0.5) is 0 Å². The molecule has 3 rings (SSSR count). The van der Waals surface area contributed by atoms with Crippen LogP contribution >= 0.6 is 35.6 Å². The molecule has 0 aliphatic heterocycles. The van der Waals surface area contributed by atoms with Crippen molar-refractivity contribution in [3.8, 4) is 5.75 Å². The first kappa shape index (κ1) is 24.8. The van der Waals surface area contributed by atoms with Gasteiger partial charge in [0.05, 0.1) is 6.10 Å². The number of hydrogen-bond acceptors (Lipinski definition) is 3. The summed E-state index contributed by atoms with van der Waals surface area (Å²) >= 11 is 12.3. The van der Waals surface area contributed by atoms with Crippen LogP contribution in [0.5, 0.6) is 5.75 Å². The predicted octanol–water partition coefficient (Wildman–Crippen LogP) is 7.05. The van der Waals surface area contributed by atoms with E-state index < -0.39 is 0 Å². The van der Waals surface area contributed by atoms with Gasteiger partial charge in [0.2, 0.25) is 0 Å². The summed E-state index contributed by atoms with van der Waals surface area (Å²) in [6.45, 7) is 6.88. The van der Waals surface area contributed by atoms with Gasteiger partial charge in [0.1, 0.15) is 12.4 Å². The minimum absolute atomic E-state index is 0. The molecule has 162 valence electrons. The van der Waals surface area contributed by atoms with Crippen molar-refractivity contribution >= 4 is 46.4 Å². The van der Waals surface area contributed by atoms with Gasteiger partial charge in [0.25, 0.3) is 0 Å². The summed E-state index contributed by atoms with van der Waals surface area (Å²) in [6.07, 6.45) is 1.24. The molecule has 30 heavy (non-hydrogen) atoms. The van der Waals surface area contributed by atoms with Crippen LogP contribution in [0.1, 0.15) is 31.4 Å². The van der Waals surface area contributed by atoms with Crippen molar-refractivity contribution in [1.29, 1.82) is 0 Å². The summed E-state index contributed by atoms with van der Waals surface area (Å²) < 4.78 is 11.8. The second-order valence-corrected chi connectivity index (χ2v) is 8.08. The van der Waals surface area contributed by atoms with E-state index in [1.807, 2.05) is 18.2 Å². The van der Waals surface area contributed by atoms with Gasteiger partial charge in [0.15, 0.2) is 0 Å². The van der Waals surface area contributed by atoms with Crippen LogP contribution < -0.4 is 10.1 Å². The van der Waals surface area contributed by atoms with Crippen LogP contribution in [0, 0.1) is 0 Å². The van der Waals surface area contributed by atoms with Crippen molar-refractivity contribution in [3.05, 3.63) is 75.8 Å². The molecule has 3 nitrogen and oxygen atoms in total. The van der Waals surface area contributed by atoms with Crippen molar-refractivity contribution in [2.24, 2.45) is 0 Å². The Kier molecular flexibility index (Phi) is 10.2. The zero-order chi connectivity index (χ0) is 20.6. The Morgan fingerprint density at radius 2 is 1.80 bits per heavy atom. The third kappa shape index (κ3) is 7.04. The number of benzene rings is 3. The molecule has 0 saturated heterocycles. The Morgan fingerprint density at radius 1 is 1.00 bits per heavy atom. The second-order valence-electron chi connectivity index (χ2n) is 7.24.